The number of piperidine rings is 1. The van der Waals surface area contributed by atoms with Crippen LogP contribution in [0.1, 0.15) is 93.1 Å². The van der Waals surface area contributed by atoms with Crippen LogP contribution in [0.4, 0.5) is 20.1 Å². The molecule has 4 aromatic carbocycles. The summed E-state index contributed by atoms with van der Waals surface area (Å²) in [5, 5.41) is 0. The number of hydrogen-bond donors (Lipinski definition) is 1. The fourth-order valence-electron chi connectivity index (χ4n) is 8.34. The molecule has 0 saturated carbocycles. The van der Waals surface area contributed by atoms with Crippen molar-refractivity contribution in [2.75, 3.05) is 26.2 Å². The van der Waals surface area contributed by atoms with Crippen molar-refractivity contribution in [1.82, 2.24) is 24.7 Å². The zero-order valence-electron chi connectivity index (χ0n) is 35.9. The van der Waals surface area contributed by atoms with E-state index in [0.29, 0.717) is 19.6 Å². The molecule has 2 fully saturated rings. The summed E-state index contributed by atoms with van der Waals surface area (Å²) < 4.78 is 17.3. The van der Waals surface area contributed by atoms with Crippen molar-refractivity contribution in [2.45, 2.75) is 90.7 Å². The van der Waals surface area contributed by atoms with Crippen molar-refractivity contribution < 1.29 is 28.6 Å². The second-order valence-corrected chi connectivity index (χ2v) is 17.3. The molecule has 1 aromatic heterocycles. The Bertz CT molecular complexity index is 2500. The smallest absolute Gasteiger partial charge is 0.410 e. The second kappa shape index (κ2) is 18.6. The van der Waals surface area contributed by atoms with Crippen molar-refractivity contribution >= 4 is 40.7 Å². The molecular weight excluding hydrogens is 781 g/mol. The lowest BCUT2D eigenvalue weighted by atomic mass is 9.91. The van der Waals surface area contributed by atoms with E-state index in [1.54, 1.807) is 14.7 Å². The van der Waals surface area contributed by atoms with Crippen molar-refractivity contribution in [3.63, 3.8) is 0 Å². The summed E-state index contributed by atoms with van der Waals surface area (Å²) in [5.74, 6) is 7.47. The van der Waals surface area contributed by atoms with E-state index in [2.05, 4.69) is 29.8 Å². The molecule has 0 spiro atoms. The first-order valence-corrected chi connectivity index (χ1v) is 21.6. The van der Waals surface area contributed by atoms with Crippen LogP contribution in [0.25, 0.3) is 11.0 Å². The highest BCUT2D eigenvalue weighted by molar-refractivity contribution is 5.97. The van der Waals surface area contributed by atoms with Crippen LogP contribution >= 0.6 is 0 Å². The molecule has 0 bridgehead atoms. The molecule has 0 radical (unpaired) electrons. The van der Waals surface area contributed by atoms with Crippen molar-refractivity contribution in [2.24, 2.45) is 10.9 Å². The summed E-state index contributed by atoms with van der Waals surface area (Å²) in [4.78, 5) is 59.0. The van der Waals surface area contributed by atoms with Crippen LogP contribution < -0.4 is 0 Å². The molecule has 3 amide bonds. The van der Waals surface area contributed by atoms with Crippen LogP contribution in [-0.2, 0) is 33.8 Å². The molecule has 3 aliphatic rings. The van der Waals surface area contributed by atoms with E-state index in [1.807, 2.05) is 112 Å². The Balaban J connectivity index is 0.992. The van der Waals surface area contributed by atoms with Crippen LogP contribution in [0, 0.1) is 17.8 Å². The number of ether oxygens (including phenoxy) is 3. The van der Waals surface area contributed by atoms with Crippen LogP contribution in [-0.4, -0.2) is 86.5 Å². The molecule has 62 heavy (non-hydrogen) atoms. The summed E-state index contributed by atoms with van der Waals surface area (Å²) in [7, 11) is 0. The van der Waals surface area contributed by atoms with Gasteiger partial charge in [-0.3, -0.25) is 14.8 Å². The molecule has 12 nitrogen and oxygen atoms in total. The lowest BCUT2D eigenvalue weighted by Gasteiger charge is -2.42. The Morgan fingerprint density at radius 1 is 0.742 bits per heavy atom. The molecule has 3 aliphatic heterocycles. The number of H-pyrrole nitrogens is 1. The van der Waals surface area contributed by atoms with Crippen molar-refractivity contribution in [3.8, 4) is 11.8 Å². The van der Waals surface area contributed by atoms with Crippen LogP contribution in [0.2, 0.25) is 0 Å². The number of nitrogens with zero attached hydrogens (tertiary/aromatic N) is 5. The largest absolute Gasteiger partial charge is 0.445 e. The Morgan fingerprint density at radius 3 is 2.06 bits per heavy atom. The molecule has 320 valence electrons. The number of carbonyl (C=O) groups excluding carboxylic acids is 3. The molecule has 3 atom stereocenters. The number of nitrogens with one attached hydrogen (secondary N) is 1. The van der Waals surface area contributed by atoms with Crippen LogP contribution in [0.3, 0.4) is 0 Å². The zero-order valence-corrected chi connectivity index (χ0v) is 35.9. The molecular formula is C50H54N6O6. The van der Waals surface area contributed by atoms with Gasteiger partial charge in [0.1, 0.15) is 24.6 Å². The summed E-state index contributed by atoms with van der Waals surface area (Å²) in [6, 6.07) is 30.6. The van der Waals surface area contributed by atoms with Gasteiger partial charge in [0.2, 0.25) is 0 Å². The lowest BCUT2D eigenvalue weighted by molar-refractivity contribution is 0.00760. The van der Waals surface area contributed by atoms with Gasteiger partial charge in [0, 0.05) is 36.5 Å². The molecule has 12 heteroatoms. The Hall–Kier alpha value is -6.61. The van der Waals surface area contributed by atoms with Gasteiger partial charge in [0.15, 0.2) is 0 Å². The third-order valence-corrected chi connectivity index (χ3v) is 11.6. The molecule has 5 aromatic rings. The van der Waals surface area contributed by atoms with Gasteiger partial charge in [-0.25, -0.2) is 19.4 Å². The number of hydrogen-bond acceptors (Lipinski definition) is 8. The number of aromatic nitrogens is 2. The third kappa shape index (κ3) is 10.1. The maximum atomic E-state index is 13.7. The fraction of sp³-hybridized carbons (Fsp3) is 0.380. The van der Waals surface area contributed by atoms with Crippen molar-refractivity contribution in [3.05, 3.63) is 131 Å². The normalized spacial score (nSPS) is 19.1. The first-order valence-electron chi connectivity index (χ1n) is 21.6. The van der Waals surface area contributed by atoms with Crippen LogP contribution in [0.5, 0.6) is 0 Å². The number of aryl methyl sites for hydroxylation is 1. The first kappa shape index (κ1) is 42.1. The topological polar surface area (TPSA) is 130 Å². The van der Waals surface area contributed by atoms with Crippen molar-refractivity contribution in [1.29, 1.82) is 0 Å². The maximum Gasteiger partial charge on any atom is 0.410 e. The van der Waals surface area contributed by atoms with E-state index < -0.39 is 23.8 Å². The van der Waals surface area contributed by atoms with E-state index in [9.17, 15) is 14.4 Å². The molecule has 4 heterocycles. The summed E-state index contributed by atoms with van der Waals surface area (Å²) in [5.41, 5.74) is 7.31. The zero-order chi connectivity index (χ0) is 43.2. The minimum atomic E-state index is -0.654. The maximum absolute atomic E-state index is 13.7. The number of benzene rings is 4. The number of carbonyl (C=O) groups is 3. The van der Waals surface area contributed by atoms with E-state index in [4.69, 9.17) is 24.2 Å². The van der Waals surface area contributed by atoms with Gasteiger partial charge in [0.25, 0.3) is 0 Å². The molecule has 2 saturated heterocycles. The van der Waals surface area contributed by atoms with E-state index in [1.165, 1.54) is 0 Å². The number of rotatable bonds is 6. The summed E-state index contributed by atoms with van der Waals surface area (Å²) in [6.07, 6.45) is 3.14. The third-order valence-electron chi connectivity index (χ3n) is 11.6. The average Bonchev–Trinajstić information content (AvgIpc) is 3.64. The Labute approximate surface area is 363 Å². The standard InChI is InChI=1S/C50H54N6O6/c1-34-18-23-39-29-35(19-20-36-22-25-41-42(30-36)53-46(52-41)43-17-11-12-26-55(43)48(58)60-32-37-13-7-5-8-14-37)21-24-40(39)51-45(34)44-31-54(47(57)62-50(2,3)4)27-28-56(44)49(59)61-33-38-15-9-6-10-16-38/h5-10,13-16,21-22,24-25,29-30,34,43-44H,11-12,17-18,23,26-28,31-33H2,1-4H3,(H,52,53). The quantitative estimate of drug-likeness (QED) is 0.133. The van der Waals surface area contributed by atoms with Gasteiger partial charge >= 0.3 is 18.3 Å². The van der Waals surface area contributed by atoms with Gasteiger partial charge in [-0.2, -0.15) is 0 Å². The van der Waals surface area contributed by atoms with Crippen LogP contribution in [0.15, 0.2) is 102 Å². The van der Waals surface area contributed by atoms with Gasteiger partial charge < -0.3 is 24.1 Å². The van der Waals surface area contributed by atoms with Gasteiger partial charge in [-0.05, 0) is 112 Å². The second-order valence-electron chi connectivity index (χ2n) is 17.3. The number of aromatic amines is 1. The first-order chi connectivity index (χ1) is 30.0. The molecule has 1 N–H and O–H groups in total. The number of piperazine rings is 1. The summed E-state index contributed by atoms with van der Waals surface area (Å²) in [6.45, 7) is 9.54. The number of amides is 3. The molecule has 8 rings (SSSR count). The van der Waals surface area contributed by atoms with Gasteiger partial charge in [-0.15, -0.1) is 0 Å². The fourth-order valence-corrected chi connectivity index (χ4v) is 8.34. The van der Waals surface area contributed by atoms with Gasteiger partial charge in [-0.1, -0.05) is 79.4 Å². The average molecular weight is 835 g/mol. The van der Waals surface area contributed by atoms with E-state index in [-0.39, 0.29) is 37.8 Å². The predicted octanol–water partition coefficient (Wildman–Crippen LogP) is 9.74. The molecule has 0 aliphatic carbocycles. The minimum Gasteiger partial charge on any atom is -0.445 e. The Morgan fingerprint density at radius 2 is 1.39 bits per heavy atom. The van der Waals surface area contributed by atoms with Gasteiger partial charge in [0.05, 0.1) is 35.3 Å². The molecule has 3 unspecified atom stereocenters. The number of imidazole rings is 1. The van der Waals surface area contributed by atoms with E-state index >= 15 is 0 Å². The lowest BCUT2D eigenvalue weighted by Crippen LogP contribution is -2.60. The number of fused-ring (bicyclic) bond motifs is 2. The summed E-state index contributed by atoms with van der Waals surface area (Å²) >= 11 is 0. The minimum absolute atomic E-state index is 0.0246. The number of aliphatic imine (C=N–C) groups is 1. The SMILES string of the molecule is CC1CCc2cc(C#Cc3ccc4nc(C5CCCCN5C(=O)OCc5ccccc5)[nH]c4c3)ccc2N=C1C1CN(C(=O)OC(C)(C)C)CCN1C(=O)OCc1ccccc1. The van der Waals surface area contributed by atoms with E-state index in [0.717, 1.165) is 88.2 Å². The Kier molecular flexibility index (Phi) is 12.6. The predicted molar refractivity (Wildman–Crippen MR) is 238 cm³/mol. The highest BCUT2D eigenvalue weighted by Gasteiger charge is 2.40. The highest BCUT2D eigenvalue weighted by atomic mass is 16.6. The monoisotopic (exact) mass is 834 g/mol. The number of likely N-dealkylation sites (tertiary alicyclic amines) is 1. The highest BCUT2D eigenvalue weighted by Crippen LogP contribution is 2.33.